The molecule has 1 heterocycles. The Labute approximate surface area is 201 Å². The third kappa shape index (κ3) is 5.41. The minimum Gasteiger partial charge on any atom is -0.496 e. The number of benzene rings is 3. The van der Waals surface area contributed by atoms with Gasteiger partial charge in [-0.2, -0.15) is 5.10 Å². The third-order valence-electron chi connectivity index (χ3n) is 4.94. The third-order valence-corrected chi connectivity index (χ3v) is 5.69. The van der Waals surface area contributed by atoms with Crippen molar-refractivity contribution in [3.63, 3.8) is 0 Å². The fraction of sp³-hybridized carbons (Fsp3) is 0.115. The van der Waals surface area contributed by atoms with E-state index in [1.807, 2.05) is 17.5 Å². The minimum atomic E-state index is -0.535. The van der Waals surface area contributed by atoms with Gasteiger partial charge in [-0.25, -0.2) is 9.78 Å². The quantitative estimate of drug-likeness (QED) is 0.151. The molecule has 1 N–H and O–H groups in total. The number of anilines is 1. The zero-order valence-corrected chi connectivity index (χ0v) is 19.8. The van der Waals surface area contributed by atoms with Crippen LogP contribution in [0.5, 0.6) is 17.2 Å². The summed E-state index contributed by atoms with van der Waals surface area (Å²) in [5.41, 5.74) is 7.20. The highest BCUT2D eigenvalue weighted by Crippen LogP contribution is 2.30. The lowest BCUT2D eigenvalue weighted by molar-refractivity contribution is 0.0726. The van der Waals surface area contributed by atoms with Crippen molar-refractivity contribution in [2.24, 2.45) is 5.10 Å². The standard InChI is InChI=1S/C26H23N3O4S/c1-17-8-11-19(12-9-17)21-16-34-26(28-21)29-27-15-18-10-13-23(24(14-18)32-3)33-25(30)20-6-4-5-7-22(20)31-2/h4-16H,1-3H3,(H,28,29)/b27-15-. The first-order valence-corrected chi connectivity index (χ1v) is 11.3. The Morgan fingerprint density at radius 3 is 2.50 bits per heavy atom. The van der Waals surface area contributed by atoms with Gasteiger partial charge in [0, 0.05) is 10.9 Å². The molecule has 0 unspecified atom stereocenters. The van der Waals surface area contributed by atoms with E-state index in [1.165, 1.54) is 31.1 Å². The summed E-state index contributed by atoms with van der Waals surface area (Å²) in [4.78, 5) is 17.2. The summed E-state index contributed by atoms with van der Waals surface area (Å²) < 4.78 is 16.2. The molecule has 172 valence electrons. The first-order valence-electron chi connectivity index (χ1n) is 10.4. The molecule has 0 saturated carbocycles. The molecular formula is C26H23N3O4S. The zero-order valence-electron chi connectivity index (χ0n) is 18.9. The van der Waals surface area contributed by atoms with E-state index in [0.717, 1.165) is 16.8 Å². The van der Waals surface area contributed by atoms with Crippen LogP contribution in [0.15, 0.2) is 77.2 Å². The molecule has 0 aliphatic carbocycles. The van der Waals surface area contributed by atoms with Crippen molar-refractivity contribution < 1.29 is 19.0 Å². The van der Waals surface area contributed by atoms with Gasteiger partial charge in [0.05, 0.1) is 26.1 Å². The Morgan fingerprint density at radius 2 is 1.74 bits per heavy atom. The van der Waals surface area contributed by atoms with Crippen molar-refractivity contribution in [2.45, 2.75) is 6.92 Å². The van der Waals surface area contributed by atoms with Crippen LogP contribution in [0.4, 0.5) is 5.13 Å². The maximum atomic E-state index is 12.6. The highest BCUT2D eigenvalue weighted by Gasteiger charge is 2.16. The number of esters is 1. The predicted octanol–water partition coefficient (Wildman–Crippen LogP) is 5.80. The smallest absolute Gasteiger partial charge is 0.347 e. The van der Waals surface area contributed by atoms with E-state index >= 15 is 0 Å². The molecule has 0 aliphatic heterocycles. The van der Waals surface area contributed by atoms with Gasteiger partial charge >= 0.3 is 5.97 Å². The first kappa shape index (κ1) is 23.0. The number of hydrazone groups is 1. The lowest BCUT2D eigenvalue weighted by Crippen LogP contribution is -2.10. The molecule has 4 rings (SSSR count). The van der Waals surface area contributed by atoms with Gasteiger partial charge in [-0.15, -0.1) is 11.3 Å². The minimum absolute atomic E-state index is 0.297. The Kier molecular flexibility index (Phi) is 7.19. The van der Waals surface area contributed by atoms with Crippen molar-refractivity contribution in [1.82, 2.24) is 4.98 Å². The molecule has 0 saturated heterocycles. The second-order valence-electron chi connectivity index (χ2n) is 7.27. The van der Waals surface area contributed by atoms with E-state index in [-0.39, 0.29) is 0 Å². The van der Waals surface area contributed by atoms with Crippen LogP contribution in [0.3, 0.4) is 0 Å². The summed E-state index contributed by atoms with van der Waals surface area (Å²) in [5, 5.41) is 6.93. The molecule has 3 aromatic carbocycles. The molecule has 0 amide bonds. The summed E-state index contributed by atoms with van der Waals surface area (Å²) in [6, 6.07) is 20.3. The van der Waals surface area contributed by atoms with E-state index in [2.05, 4.69) is 34.6 Å². The number of aryl methyl sites for hydroxylation is 1. The van der Waals surface area contributed by atoms with E-state index < -0.39 is 5.97 Å². The number of ether oxygens (including phenoxy) is 3. The van der Waals surface area contributed by atoms with Crippen LogP contribution in [0.2, 0.25) is 0 Å². The van der Waals surface area contributed by atoms with Crippen LogP contribution < -0.4 is 19.6 Å². The first-order chi connectivity index (χ1) is 16.6. The van der Waals surface area contributed by atoms with Crippen LogP contribution in [0.25, 0.3) is 11.3 Å². The van der Waals surface area contributed by atoms with Gasteiger partial charge < -0.3 is 14.2 Å². The van der Waals surface area contributed by atoms with Crippen molar-refractivity contribution in [3.8, 4) is 28.5 Å². The van der Waals surface area contributed by atoms with Gasteiger partial charge in [0.2, 0.25) is 5.13 Å². The fourth-order valence-electron chi connectivity index (χ4n) is 3.16. The van der Waals surface area contributed by atoms with E-state index in [1.54, 1.807) is 48.7 Å². The molecule has 8 heteroatoms. The Morgan fingerprint density at radius 1 is 0.971 bits per heavy atom. The number of nitrogens with one attached hydrogen (secondary N) is 1. The van der Waals surface area contributed by atoms with Crippen molar-refractivity contribution in [1.29, 1.82) is 0 Å². The number of rotatable bonds is 8. The van der Waals surface area contributed by atoms with Crippen LogP contribution in [0, 0.1) is 6.92 Å². The Bertz CT molecular complexity index is 1320. The van der Waals surface area contributed by atoms with Gasteiger partial charge in [-0.1, -0.05) is 42.0 Å². The summed E-state index contributed by atoms with van der Waals surface area (Å²) in [7, 11) is 3.01. The predicted molar refractivity (Wildman–Crippen MR) is 134 cm³/mol. The van der Waals surface area contributed by atoms with E-state index in [4.69, 9.17) is 14.2 Å². The summed E-state index contributed by atoms with van der Waals surface area (Å²) >= 11 is 1.47. The summed E-state index contributed by atoms with van der Waals surface area (Å²) in [6.07, 6.45) is 1.64. The van der Waals surface area contributed by atoms with Crippen LogP contribution in [0.1, 0.15) is 21.5 Å². The molecule has 0 atom stereocenters. The Hall–Kier alpha value is -4.17. The molecule has 0 fully saturated rings. The maximum Gasteiger partial charge on any atom is 0.347 e. The van der Waals surface area contributed by atoms with Crippen molar-refractivity contribution in [2.75, 3.05) is 19.6 Å². The lowest BCUT2D eigenvalue weighted by atomic mass is 10.1. The topological polar surface area (TPSA) is 82.0 Å². The average Bonchev–Trinajstić information content (AvgIpc) is 3.34. The molecule has 0 spiro atoms. The zero-order chi connectivity index (χ0) is 23.9. The SMILES string of the molecule is COc1cc(/C=N\Nc2nc(-c3ccc(C)cc3)cs2)ccc1OC(=O)c1ccccc1OC. The van der Waals surface area contributed by atoms with E-state index in [9.17, 15) is 4.79 Å². The number of para-hydroxylation sites is 1. The molecule has 4 aromatic rings. The van der Waals surface area contributed by atoms with Gasteiger partial charge in [-0.3, -0.25) is 5.43 Å². The number of aromatic nitrogens is 1. The number of thiazole rings is 1. The van der Waals surface area contributed by atoms with Gasteiger partial charge in [-0.05, 0) is 42.8 Å². The number of methoxy groups -OCH3 is 2. The second-order valence-corrected chi connectivity index (χ2v) is 8.13. The number of carbonyl (C=O) groups excluding carboxylic acids is 1. The molecule has 7 nitrogen and oxygen atoms in total. The van der Waals surface area contributed by atoms with Crippen molar-refractivity contribution >= 4 is 28.7 Å². The van der Waals surface area contributed by atoms with Crippen molar-refractivity contribution in [3.05, 3.63) is 88.8 Å². The number of hydrogen-bond acceptors (Lipinski definition) is 8. The Balaban J connectivity index is 1.42. The van der Waals surface area contributed by atoms with Gasteiger partial charge in [0.25, 0.3) is 0 Å². The fourth-order valence-corrected chi connectivity index (χ4v) is 3.83. The van der Waals surface area contributed by atoms with Crippen LogP contribution in [-0.4, -0.2) is 31.4 Å². The largest absolute Gasteiger partial charge is 0.496 e. The monoisotopic (exact) mass is 473 g/mol. The molecule has 0 aliphatic rings. The molecule has 0 radical (unpaired) electrons. The lowest BCUT2D eigenvalue weighted by Gasteiger charge is -2.11. The number of carbonyl (C=O) groups is 1. The van der Waals surface area contributed by atoms with Gasteiger partial charge in [0.1, 0.15) is 11.3 Å². The summed E-state index contributed by atoms with van der Waals surface area (Å²) in [6.45, 7) is 2.05. The normalized spacial score (nSPS) is 10.8. The molecular weight excluding hydrogens is 450 g/mol. The molecule has 34 heavy (non-hydrogen) atoms. The van der Waals surface area contributed by atoms with Crippen LogP contribution >= 0.6 is 11.3 Å². The number of hydrogen-bond donors (Lipinski definition) is 1. The van der Waals surface area contributed by atoms with Crippen LogP contribution in [-0.2, 0) is 0 Å². The summed E-state index contributed by atoms with van der Waals surface area (Å²) in [5.74, 6) is 0.607. The average molecular weight is 474 g/mol. The molecule has 1 aromatic heterocycles. The number of nitrogens with zero attached hydrogens (tertiary/aromatic N) is 2. The highest BCUT2D eigenvalue weighted by atomic mass is 32.1. The molecule has 0 bridgehead atoms. The van der Waals surface area contributed by atoms with E-state index in [0.29, 0.717) is 27.9 Å². The second kappa shape index (κ2) is 10.6. The van der Waals surface area contributed by atoms with Gasteiger partial charge in [0.15, 0.2) is 11.5 Å². The highest BCUT2D eigenvalue weighted by molar-refractivity contribution is 7.14. The maximum absolute atomic E-state index is 12.6.